The van der Waals surface area contributed by atoms with E-state index in [1.54, 1.807) is 23.1 Å². The van der Waals surface area contributed by atoms with Crippen molar-refractivity contribution in [1.29, 1.82) is 0 Å². The van der Waals surface area contributed by atoms with Crippen LogP contribution >= 0.6 is 0 Å². The summed E-state index contributed by atoms with van der Waals surface area (Å²) in [6.07, 6.45) is 2.17. The molecular formula is C15H21NO5S. The van der Waals surface area contributed by atoms with Crippen LogP contribution in [0.3, 0.4) is 0 Å². The lowest BCUT2D eigenvalue weighted by Crippen LogP contribution is -2.42. The number of benzene rings is 1. The van der Waals surface area contributed by atoms with Crippen molar-refractivity contribution in [2.45, 2.75) is 18.1 Å². The average molecular weight is 327 g/mol. The number of carbonyl (C=O) groups is 1. The third-order valence-electron chi connectivity index (χ3n) is 3.98. The molecule has 1 saturated heterocycles. The predicted octanol–water partition coefficient (Wildman–Crippen LogP) is 1.35. The molecule has 1 aliphatic rings. The highest BCUT2D eigenvalue weighted by molar-refractivity contribution is 7.91. The molecule has 22 heavy (non-hydrogen) atoms. The molecule has 1 aliphatic heterocycles. The maximum atomic E-state index is 12.7. The Morgan fingerprint density at radius 1 is 1.14 bits per heavy atom. The van der Waals surface area contributed by atoms with Gasteiger partial charge in [-0.05, 0) is 25.0 Å². The molecule has 0 unspecified atom stereocenters. The van der Waals surface area contributed by atoms with Crippen molar-refractivity contribution >= 4 is 15.7 Å². The Labute approximate surface area is 130 Å². The van der Waals surface area contributed by atoms with Crippen molar-refractivity contribution in [3.05, 3.63) is 23.8 Å². The van der Waals surface area contributed by atoms with Crippen molar-refractivity contribution in [3.63, 3.8) is 0 Å². The molecule has 0 bridgehead atoms. The minimum absolute atomic E-state index is 0.193. The second-order valence-corrected chi connectivity index (χ2v) is 7.68. The molecule has 1 aromatic rings. The zero-order valence-electron chi connectivity index (χ0n) is 13.0. The summed E-state index contributed by atoms with van der Waals surface area (Å²) >= 11 is 0. The fraction of sp³-hybridized carbons (Fsp3) is 0.533. The highest BCUT2D eigenvalue weighted by Crippen LogP contribution is 2.30. The average Bonchev–Trinajstić information content (AvgIpc) is 2.52. The van der Waals surface area contributed by atoms with Gasteiger partial charge in [0.1, 0.15) is 26.9 Å². The fourth-order valence-electron chi connectivity index (χ4n) is 2.71. The summed E-state index contributed by atoms with van der Waals surface area (Å²) in [6, 6.07) is 5.17. The third-order valence-corrected chi connectivity index (χ3v) is 5.66. The SMILES string of the molecule is COc1cccc(OC)c1C(=O)N1CCC(S(C)(=O)=O)CC1. The lowest BCUT2D eigenvalue weighted by molar-refractivity contribution is 0.0718. The van der Waals surface area contributed by atoms with Gasteiger partial charge in [0.2, 0.25) is 0 Å². The van der Waals surface area contributed by atoms with Crippen LogP contribution in [0.25, 0.3) is 0 Å². The molecule has 0 aliphatic carbocycles. The maximum Gasteiger partial charge on any atom is 0.261 e. The Kier molecular flexibility index (Phi) is 4.95. The van der Waals surface area contributed by atoms with Crippen LogP contribution in [0.15, 0.2) is 18.2 Å². The minimum atomic E-state index is -3.05. The highest BCUT2D eigenvalue weighted by Gasteiger charge is 2.31. The first-order valence-electron chi connectivity index (χ1n) is 7.07. The van der Waals surface area contributed by atoms with Gasteiger partial charge in [-0.1, -0.05) is 6.07 Å². The molecule has 1 amide bonds. The van der Waals surface area contributed by atoms with Gasteiger partial charge in [-0.2, -0.15) is 0 Å². The second-order valence-electron chi connectivity index (χ2n) is 5.36. The van der Waals surface area contributed by atoms with Gasteiger partial charge >= 0.3 is 0 Å². The van der Waals surface area contributed by atoms with Gasteiger partial charge in [0.25, 0.3) is 5.91 Å². The number of piperidine rings is 1. The summed E-state index contributed by atoms with van der Waals surface area (Å²) in [5, 5.41) is -0.365. The maximum absolute atomic E-state index is 12.7. The Hall–Kier alpha value is -1.76. The zero-order chi connectivity index (χ0) is 16.3. The van der Waals surface area contributed by atoms with Crippen LogP contribution in [-0.4, -0.2) is 58.0 Å². The molecule has 6 nitrogen and oxygen atoms in total. The first-order chi connectivity index (χ1) is 10.4. The van der Waals surface area contributed by atoms with Crippen LogP contribution in [0.5, 0.6) is 11.5 Å². The summed E-state index contributed by atoms with van der Waals surface area (Å²) in [7, 11) is -0.0498. The molecule has 122 valence electrons. The van der Waals surface area contributed by atoms with Gasteiger partial charge < -0.3 is 14.4 Å². The largest absolute Gasteiger partial charge is 0.496 e. The van der Waals surface area contributed by atoms with Crippen molar-refractivity contribution in [3.8, 4) is 11.5 Å². The number of sulfone groups is 1. The van der Waals surface area contributed by atoms with E-state index < -0.39 is 9.84 Å². The van der Waals surface area contributed by atoms with Gasteiger partial charge in [0.05, 0.1) is 19.5 Å². The first-order valence-corrected chi connectivity index (χ1v) is 9.03. The Morgan fingerprint density at radius 3 is 2.05 bits per heavy atom. The highest BCUT2D eigenvalue weighted by atomic mass is 32.2. The Bertz CT molecular complexity index is 626. The smallest absolute Gasteiger partial charge is 0.261 e. The van der Waals surface area contributed by atoms with Crippen LogP contribution in [0.4, 0.5) is 0 Å². The molecule has 1 aromatic carbocycles. The molecule has 1 fully saturated rings. The summed E-state index contributed by atoms with van der Waals surface area (Å²) in [5.74, 6) is 0.713. The van der Waals surface area contributed by atoms with Gasteiger partial charge in [-0.3, -0.25) is 4.79 Å². The number of likely N-dealkylation sites (tertiary alicyclic amines) is 1. The van der Waals surface area contributed by atoms with Crippen molar-refractivity contribution in [2.75, 3.05) is 33.6 Å². The third kappa shape index (κ3) is 3.35. The number of ether oxygens (including phenoxy) is 2. The zero-order valence-corrected chi connectivity index (χ0v) is 13.9. The Balaban J connectivity index is 2.20. The molecule has 0 N–H and O–H groups in total. The van der Waals surface area contributed by atoms with Gasteiger partial charge in [-0.25, -0.2) is 8.42 Å². The normalized spacial score (nSPS) is 16.4. The van der Waals surface area contributed by atoms with Crippen molar-refractivity contribution < 1.29 is 22.7 Å². The standard InChI is InChI=1S/C15H21NO5S/c1-20-12-5-4-6-13(21-2)14(12)15(17)16-9-7-11(8-10-16)22(3,18)19/h4-6,11H,7-10H2,1-3H3. The van der Waals surface area contributed by atoms with E-state index in [9.17, 15) is 13.2 Å². The van der Waals surface area contributed by atoms with E-state index in [2.05, 4.69) is 0 Å². The molecular weight excluding hydrogens is 306 g/mol. The van der Waals surface area contributed by atoms with Crippen LogP contribution in [0.1, 0.15) is 23.2 Å². The molecule has 7 heteroatoms. The number of nitrogens with zero attached hydrogens (tertiary/aromatic N) is 1. The topological polar surface area (TPSA) is 72.9 Å². The fourth-order valence-corrected chi connectivity index (χ4v) is 3.77. The van der Waals surface area contributed by atoms with Crippen molar-refractivity contribution in [2.24, 2.45) is 0 Å². The van der Waals surface area contributed by atoms with Crippen LogP contribution < -0.4 is 9.47 Å². The summed E-state index contributed by atoms with van der Waals surface area (Å²) in [6.45, 7) is 0.829. The molecule has 0 spiro atoms. The number of hydrogen-bond donors (Lipinski definition) is 0. The monoisotopic (exact) mass is 327 g/mol. The van der Waals surface area contributed by atoms with E-state index in [1.807, 2.05) is 0 Å². The van der Waals surface area contributed by atoms with Crippen LogP contribution in [-0.2, 0) is 9.84 Å². The molecule has 0 radical (unpaired) electrons. The number of hydrogen-bond acceptors (Lipinski definition) is 5. The minimum Gasteiger partial charge on any atom is -0.496 e. The quantitative estimate of drug-likeness (QED) is 0.835. The molecule has 2 rings (SSSR count). The van der Waals surface area contributed by atoms with E-state index in [0.29, 0.717) is 43.0 Å². The van der Waals surface area contributed by atoms with Gasteiger partial charge in [-0.15, -0.1) is 0 Å². The van der Waals surface area contributed by atoms with Crippen LogP contribution in [0, 0.1) is 0 Å². The van der Waals surface area contributed by atoms with E-state index in [1.165, 1.54) is 20.5 Å². The summed E-state index contributed by atoms with van der Waals surface area (Å²) in [4.78, 5) is 14.4. The number of amides is 1. The molecule has 1 heterocycles. The lowest BCUT2D eigenvalue weighted by Gasteiger charge is -2.31. The molecule has 0 aromatic heterocycles. The first kappa shape index (κ1) is 16.6. The number of carbonyl (C=O) groups excluding carboxylic acids is 1. The molecule has 0 saturated carbocycles. The Morgan fingerprint density at radius 2 is 1.64 bits per heavy atom. The van der Waals surface area contributed by atoms with E-state index in [-0.39, 0.29) is 11.2 Å². The summed E-state index contributed by atoms with van der Waals surface area (Å²) in [5.41, 5.74) is 0.380. The van der Waals surface area contributed by atoms with E-state index in [0.717, 1.165) is 0 Å². The van der Waals surface area contributed by atoms with Crippen molar-refractivity contribution in [1.82, 2.24) is 4.90 Å². The predicted molar refractivity (Wildman–Crippen MR) is 83.3 cm³/mol. The van der Waals surface area contributed by atoms with Crippen LogP contribution in [0.2, 0.25) is 0 Å². The number of rotatable bonds is 4. The van der Waals surface area contributed by atoms with Gasteiger partial charge in [0.15, 0.2) is 0 Å². The summed E-state index contributed by atoms with van der Waals surface area (Å²) < 4.78 is 33.7. The second kappa shape index (κ2) is 6.56. The molecule has 0 atom stereocenters. The number of methoxy groups -OCH3 is 2. The van der Waals surface area contributed by atoms with E-state index >= 15 is 0 Å². The lowest BCUT2D eigenvalue weighted by atomic mass is 10.1. The van der Waals surface area contributed by atoms with E-state index in [4.69, 9.17) is 9.47 Å². The van der Waals surface area contributed by atoms with Gasteiger partial charge in [0, 0.05) is 19.3 Å².